The SMILES string of the molecule is COCC(=O)Nc1cccc(NC(=O)C(C)(C)CCl)c1. The van der Waals surface area contributed by atoms with Crippen molar-refractivity contribution in [3.8, 4) is 0 Å². The standard InChI is InChI=1S/C14H19ClN2O3/c1-14(2,9-15)13(19)17-11-6-4-5-10(7-11)16-12(18)8-20-3/h4-7H,8-9H2,1-3H3,(H,16,18)(H,17,19). The highest BCUT2D eigenvalue weighted by Gasteiger charge is 2.26. The second kappa shape index (κ2) is 7.26. The fraction of sp³-hybridized carbons (Fsp3) is 0.429. The molecule has 0 aromatic heterocycles. The molecule has 0 heterocycles. The van der Waals surface area contributed by atoms with E-state index in [0.717, 1.165) is 0 Å². The van der Waals surface area contributed by atoms with Crippen LogP contribution in [0.5, 0.6) is 0 Å². The van der Waals surface area contributed by atoms with Crippen LogP contribution in [0.25, 0.3) is 0 Å². The highest BCUT2D eigenvalue weighted by molar-refractivity contribution is 6.20. The van der Waals surface area contributed by atoms with Gasteiger partial charge in [0.25, 0.3) is 0 Å². The first-order valence-corrected chi connectivity index (χ1v) is 6.69. The van der Waals surface area contributed by atoms with Crippen LogP contribution < -0.4 is 10.6 Å². The molecule has 0 aliphatic carbocycles. The Morgan fingerprint density at radius 1 is 1.25 bits per heavy atom. The van der Waals surface area contributed by atoms with Crippen molar-refractivity contribution in [2.24, 2.45) is 5.41 Å². The van der Waals surface area contributed by atoms with Crippen molar-refractivity contribution in [2.75, 3.05) is 30.2 Å². The normalized spacial score (nSPS) is 11.0. The number of hydrogen-bond acceptors (Lipinski definition) is 3. The highest BCUT2D eigenvalue weighted by Crippen LogP contribution is 2.21. The van der Waals surface area contributed by atoms with Gasteiger partial charge in [-0.15, -0.1) is 11.6 Å². The molecule has 0 atom stereocenters. The van der Waals surface area contributed by atoms with Crippen molar-refractivity contribution in [1.82, 2.24) is 0 Å². The number of nitrogens with one attached hydrogen (secondary N) is 2. The summed E-state index contributed by atoms with van der Waals surface area (Å²) in [6.07, 6.45) is 0. The molecular weight excluding hydrogens is 280 g/mol. The van der Waals surface area contributed by atoms with Gasteiger partial charge in [0.05, 0.1) is 5.41 Å². The maximum absolute atomic E-state index is 12.0. The molecule has 0 radical (unpaired) electrons. The summed E-state index contributed by atoms with van der Waals surface area (Å²) in [5, 5.41) is 5.44. The van der Waals surface area contributed by atoms with E-state index in [4.69, 9.17) is 16.3 Å². The molecule has 1 aromatic carbocycles. The van der Waals surface area contributed by atoms with Gasteiger partial charge in [0.1, 0.15) is 6.61 Å². The lowest BCUT2D eigenvalue weighted by Crippen LogP contribution is -2.32. The molecule has 1 rings (SSSR count). The Morgan fingerprint density at radius 2 is 1.85 bits per heavy atom. The fourth-order valence-corrected chi connectivity index (χ4v) is 1.49. The minimum atomic E-state index is -0.656. The van der Waals surface area contributed by atoms with Gasteiger partial charge < -0.3 is 15.4 Å². The number of carbonyl (C=O) groups excluding carboxylic acids is 2. The van der Waals surface area contributed by atoms with Crippen molar-refractivity contribution in [3.05, 3.63) is 24.3 Å². The number of methoxy groups -OCH3 is 1. The van der Waals surface area contributed by atoms with E-state index in [1.165, 1.54) is 7.11 Å². The second-order valence-corrected chi connectivity index (χ2v) is 5.30. The van der Waals surface area contributed by atoms with Crippen LogP contribution >= 0.6 is 11.6 Å². The molecule has 110 valence electrons. The van der Waals surface area contributed by atoms with E-state index in [-0.39, 0.29) is 24.3 Å². The van der Waals surface area contributed by atoms with E-state index in [1.54, 1.807) is 38.1 Å². The highest BCUT2D eigenvalue weighted by atomic mass is 35.5. The van der Waals surface area contributed by atoms with Crippen LogP contribution in [0, 0.1) is 5.41 Å². The van der Waals surface area contributed by atoms with Gasteiger partial charge in [-0.3, -0.25) is 9.59 Å². The Hall–Kier alpha value is -1.59. The molecule has 0 saturated carbocycles. The van der Waals surface area contributed by atoms with Gasteiger partial charge in [-0.25, -0.2) is 0 Å². The number of rotatable bonds is 6. The maximum atomic E-state index is 12.0. The lowest BCUT2D eigenvalue weighted by molar-refractivity contribution is -0.123. The van der Waals surface area contributed by atoms with E-state index in [1.807, 2.05) is 0 Å². The lowest BCUT2D eigenvalue weighted by Gasteiger charge is -2.20. The number of amides is 2. The summed E-state index contributed by atoms with van der Waals surface area (Å²) in [6.45, 7) is 3.51. The van der Waals surface area contributed by atoms with E-state index >= 15 is 0 Å². The number of hydrogen-bond donors (Lipinski definition) is 2. The summed E-state index contributed by atoms with van der Waals surface area (Å²) in [7, 11) is 1.45. The summed E-state index contributed by atoms with van der Waals surface area (Å²) in [4.78, 5) is 23.4. The number of alkyl halides is 1. The predicted octanol–water partition coefficient (Wildman–Crippen LogP) is 2.48. The quantitative estimate of drug-likeness (QED) is 0.793. The average molecular weight is 299 g/mol. The van der Waals surface area contributed by atoms with Crippen molar-refractivity contribution in [1.29, 1.82) is 0 Å². The summed E-state index contributed by atoms with van der Waals surface area (Å²) in [5.74, 6) is -0.201. The zero-order valence-corrected chi connectivity index (χ0v) is 12.6. The molecule has 0 saturated heterocycles. The van der Waals surface area contributed by atoms with Gasteiger partial charge in [-0.2, -0.15) is 0 Å². The van der Waals surface area contributed by atoms with Crippen LogP contribution in [0.4, 0.5) is 11.4 Å². The van der Waals surface area contributed by atoms with Crippen LogP contribution in [-0.2, 0) is 14.3 Å². The molecule has 5 nitrogen and oxygen atoms in total. The van der Waals surface area contributed by atoms with Gasteiger partial charge in [0.2, 0.25) is 11.8 Å². The molecular formula is C14H19ClN2O3. The molecule has 2 N–H and O–H groups in total. The third-order valence-corrected chi connectivity index (χ3v) is 3.30. The van der Waals surface area contributed by atoms with Crippen molar-refractivity contribution in [2.45, 2.75) is 13.8 Å². The summed E-state index contributed by atoms with van der Waals surface area (Å²) >= 11 is 5.76. The Morgan fingerprint density at radius 3 is 2.40 bits per heavy atom. The van der Waals surface area contributed by atoms with Crippen molar-refractivity contribution >= 4 is 34.8 Å². The molecule has 0 spiro atoms. The number of benzene rings is 1. The van der Waals surface area contributed by atoms with Crippen LogP contribution in [0.15, 0.2) is 24.3 Å². The Bertz CT molecular complexity index is 489. The van der Waals surface area contributed by atoms with Gasteiger partial charge in [0, 0.05) is 24.4 Å². The maximum Gasteiger partial charge on any atom is 0.250 e. The van der Waals surface area contributed by atoms with Crippen LogP contribution in [-0.4, -0.2) is 31.4 Å². The number of anilines is 2. The van der Waals surface area contributed by atoms with Crippen LogP contribution in [0.1, 0.15) is 13.8 Å². The van der Waals surface area contributed by atoms with E-state index < -0.39 is 5.41 Å². The Balaban J connectivity index is 2.74. The molecule has 0 bridgehead atoms. The summed E-state index contributed by atoms with van der Waals surface area (Å²) in [6, 6.07) is 6.89. The summed E-state index contributed by atoms with van der Waals surface area (Å²) in [5.41, 5.74) is 0.536. The van der Waals surface area contributed by atoms with E-state index in [2.05, 4.69) is 10.6 Å². The number of ether oxygens (including phenoxy) is 1. The zero-order chi connectivity index (χ0) is 15.2. The number of halogens is 1. The van der Waals surface area contributed by atoms with Crippen molar-refractivity contribution < 1.29 is 14.3 Å². The Kier molecular flexibility index (Phi) is 5.98. The first-order valence-electron chi connectivity index (χ1n) is 6.15. The first-order chi connectivity index (χ1) is 9.39. The molecule has 0 aliphatic heterocycles. The van der Waals surface area contributed by atoms with Gasteiger partial charge >= 0.3 is 0 Å². The minimum absolute atomic E-state index is 0.0180. The van der Waals surface area contributed by atoms with E-state index in [9.17, 15) is 9.59 Å². The molecule has 1 aromatic rings. The van der Waals surface area contributed by atoms with Crippen LogP contribution in [0.3, 0.4) is 0 Å². The van der Waals surface area contributed by atoms with Gasteiger partial charge in [0.15, 0.2) is 0 Å². The summed E-state index contributed by atoms with van der Waals surface area (Å²) < 4.78 is 4.73. The zero-order valence-electron chi connectivity index (χ0n) is 11.8. The molecule has 6 heteroatoms. The number of carbonyl (C=O) groups is 2. The molecule has 0 aliphatic rings. The topological polar surface area (TPSA) is 67.4 Å². The largest absolute Gasteiger partial charge is 0.375 e. The third kappa shape index (κ3) is 4.83. The molecule has 0 unspecified atom stereocenters. The Labute approximate surface area is 123 Å². The minimum Gasteiger partial charge on any atom is -0.375 e. The molecule has 2 amide bonds. The monoisotopic (exact) mass is 298 g/mol. The molecule has 20 heavy (non-hydrogen) atoms. The lowest BCUT2D eigenvalue weighted by atomic mass is 9.95. The first kappa shape index (κ1) is 16.5. The second-order valence-electron chi connectivity index (χ2n) is 5.03. The van der Waals surface area contributed by atoms with Gasteiger partial charge in [-0.1, -0.05) is 6.07 Å². The van der Waals surface area contributed by atoms with Gasteiger partial charge in [-0.05, 0) is 32.0 Å². The smallest absolute Gasteiger partial charge is 0.250 e. The third-order valence-electron chi connectivity index (χ3n) is 2.63. The van der Waals surface area contributed by atoms with E-state index in [0.29, 0.717) is 11.4 Å². The average Bonchev–Trinajstić information content (AvgIpc) is 2.39. The fourth-order valence-electron chi connectivity index (χ4n) is 1.36. The van der Waals surface area contributed by atoms with Crippen LogP contribution in [0.2, 0.25) is 0 Å². The van der Waals surface area contributed by atoms with Crippen molar-refractivity contribution in [3.63, 3.8) is 0 Å². The predicted molar refractivity (Wildman–Crippen MR) is 80.1 cm³/mol. The molecule has 0 fully saturated rings.